The van der Waals surface area contributed by atoms with E-state index in [-0.39, 0.29) is 17.8 Å². The normalized spacial score (nSPS) is 11.1. The summed E-state index contributed by atoms with van der Waals surface area (Å²) in [7, 11) is 2.93. The SMILES string of the molecule is Cn1c(=O)c2ncn(CC(=O)c3ccc(Cl)cc3)c2n(C)c1=O. The second-order valence-electron chi connectivity index (χ2n) is 5.18. The van der Waals surface area contributed by atoms with Crippen LogP contribution in [0.15, 0.2) is 40.2 Å². The molecule has 0 unspecified atom stereocenters. The predicted molar refractivity (Wildman–Crippen MR) is 86.0 cm³/mol. The number of benzene rings is 1. The second-order valence-corrected chi connectivity index (χ2v) is 5.62. The lowest BCUT2D eigenvalue weighted by Crippen LogP contribution is -2.37. The monoisotopic (exact) mass is 332 g/mol. The Morgan fingerprint density at radius 1 is 1.13 bits per heavy atom. The average Bonchev–Trinajstić information content (AvgIpc) is 2.95. The first-order valence-corrected chi connectivity index (χ1v) is 7.17. The van der Waals surface area contributed by atoms with Crippen molar-refractivity contribution in [2.75, 3.05) is 0 Å². The highest BCUT2D eigenvalue weighted by molar-refractivity contribution is 6.30. The lowest BCUT2D eigenvalue weighted by molar-refractivity contribution is 0.0973. The summed E-state index contributed by atoms with van der Waals surface area (Å²) in [6.45, 7) is -0.0292. The molecular weight excluding hydrogens is 320 g/mol. The molecule has 2 heterocycles. The van der Waals surface area contributed by atoms with E-state index in [0.717, 1.165) is 4.57 Å². The van der Waals surface area contributed by atoms with Crippen molar-refractivity contribution in [3.63, 3.8) is 0 Å². The number of hydrogen-bond donors (Lipinski definition) is 0. The smallest absolute Gasteiger partial charge is 0.309 e. The van der Waals surface area contributed by atoms with Crippen molar-refractivity contribution >= 4 is 28.5 Å². The highest BCUT2D eigenvalue weighted by atomic mass is 35.5. The molecule has 0 aliphatic carbocycles. The van der Waals surface area contributed by atoms with Gasteiger partial charge < -0.3 is 4.57 Å². The third-order valence-corrected chi connectivity index (χ3v) is 3.94. The van der Waals surface area contributed by atoms with Gasteiger partial charge in [-0.15, -0.1) is 0 Å². The van der Waals surface area contributed by atoms with Gasteiger partial charge in [0.1, 0.15) is 5.65 Å². The number of rotatable bonds is 3. The first-order chi connectivity index (χ1) is 10.9. The van der Waals surface area contributed by atoms with Crippen LogP contribution in [0.5, 0.6) is 0 Å². The maximum atomic E-state index is 12.4. The van der Waals surface area contributed by atoms with Gasteiger partial charge in [-0.1, -0.05) is 11.6 Å². The van der Waals surface area contributed by atoms with Crippen molar-refractivity contribution in [2.45, 2.75) is 6.54 Å². The molecule has 0 bridgehead atoms. The maximum absolute atomic E-state index is 12.4. The fraction of sp³-hybridized carbons (Fsp3) is 0.200. The standard InChI is InChI=1S/C15H13ClN4O3/c1-18-13-12(14(22)19(2)15(18)23)17-8-20(13)7-11(21)9-3-5-10(16)6-4-9/h3-6,8H,7H2,1-2H3. The number of nitrogens with zero attached hydrogens (tertiary/aromatic N) is 4. The van der Waals surface area contributed by atoms with Crippen LogP contribution in [0.2, 0.25) is 5.02 Å². The summed E-state index contributed by atoms with van der Waals surface area (Å²) in [6.07, 6.45) is 1.39. The molecule has 118 valence electrons. The topological polar surface area (TPSA) is 78.9 Å². The lowest BCUT2D eigenvalue weighted by Gasteiger charge is -2.08. The molecule has 0 atom stereocenters. The number of fused-ring (bicyclic) bond motifs is 1. The molecule has 1 aromatic carbocycles. The molecule has 0 N–H and O–H groups in total. The minimum absolute atomic E-state index is 0.0292. The number of carbonyl (C=O) groups is 1. The number of halogens is 1. The van der Waals surface area contributed by atoms with Gasteiger partial charge in [0.15, 0.2) is 11.3 Å². The summed E-state index contributed by atoms with van der Waals surface area (Å²) < 4.78 is 3.79. The fourth-order valence-corrected chi connectivity index (χ4v) is 2.56. The molecule has 0 fully saturated rings. The van der Waals surface area contributed by atoms with Crippen LogP contribution < -0.4 is 11.2 Å². The van der Waals surface area contributed by atoms with E-state index in [9.17, 15) is 14.4 Å². The molecule has 0 radical (unpaired) electrons. The number of ketones is 1. The molecule has 23 heavy (non-hydrogen) atoms. The molecule has 0 saturated heterocycles. The molecule has 0 aliphatic rings. The van der Waals surface area contributed by atoms with Crippen LogP contribution >= 0.6 is 11.6 Å². The quantitative estimate of drug-likeness (QED) is 0.669. The predicted octanol–water partition coefficient (Wildman–Crippen LogP) is 0.970. The third-order valence-electron chi connectivity index (χ3n) is 3.69. The Bertz CT molecular complexity index is 1030. The summed E-state index contributed by atoms with van der Waals surface area (Å²) >= 11 is 5.81. The van der Waals surface area contributed by atoms with Gasteiger partial charge in [-0.05, 0) is 24.3 Å². The van der Waals surface area contributed by atoms with Crippen molar-refractivity contribution in [1.82, 2.24) is 18.7 Å². The van der Waals surface area contributed by atoms with Crippen molar-refractivity contribution in [1.29, 1.82) is 0 Å². The number of aromatic nitrogens is 4. The van der Waals surface area contributed by atoms with Gasteiger partial charge in [0.05, 0.1) is 12.9 Å². The molecule has 7 nitrogen and oxygen atoms in total. The Morgan fingerprint density at radius 3 is 2.43 bits per heavy atom. The van der Waals surface area contributed by atoms with Crippen molar-refractivity contribution in [3.05, 3.63) is 62.0 Å². The molecule has 2 aromatic heterocycles. The van der Waals surface area contributed by atoms with E-state index < -0.39 is 11.2 Å². The van der Waals surface area contributed by atoms with E-state index in [1.165, 1.54) is 29.6 Å². The minimum Gasteiger partial charge on any atom is -0.309 e. The Balaban J connectivity index is 2.08. The third kappa shape index (κ3) is 2.49. The van der Waals surface area contributed by atoms with E-state index in [1.54, 1.807) is 24.3 Å². The number of Topliss-reactive ketones (excluding diaryl/α,β-unsaturated/α-hetero) is 1. The average molecular weight is 333 g/mol. The first kappa shape index (κ1) is 15.2. The minimum atomic E-state index is -0.485. The fourth-order valence-electron chi connectivity index (χ4n) is 2.44. The van der Waals surface area contributed by atoms with Gasteiger partial charge in [-0.2, -0.15) is 0 Å². The van der Waals surface area contributed by atoms with Gasteiger partial charge in [0.25, 0.3) is 5.56 Å². The number of hydrogen-bond acceptors (Lipinski definition) is 4. The molecule has 0 aliphatic heterocycles. The van der Waals surface area contributed by atoms with E-state index >= 15 is 0 Å². The first-order valence-electron chi connectivity index (χ1n) is 6.79. The maximum Gasteiger partial charge on any atom is 0.332 e. The summed E-state index contributed by atoms with van der Waals surface area (Å²) in [5.74, 6) is -0.172. The van der Waals surface area contributed by atoms with Crippen molar-refractivity contribution in [3.8, 4) is 0 Å². The van der Waals surface area contributed by atoms with Crippen LogP contribution in [0, 0.1) is 0 Å². The lowest BCUT2D eigenvalue weighted by atomic mass is 10.1. The van der Waals surface area contributed by atoms with Crippen LogP contribution in [0.1, 0.15) is 10.4 Å². The molecule has 3 rings (SSSR count). The van der Waals surface area contributed by atoms with E-state index in [0.29, 0.717) is 16.2 Å². The van der Waals surface area contributed by atoms with Crippen LogP contribution in [0.3, 0.4) is 0 Å². The van der Waals surface area contributed by atoms with Gasteiger partial charge in [-0.3, -0.25) is 18.7 Å². The molecule has 3 aromatic rings. The Morgan fingerprint density at radius 2 is 1.78 bits per heavy atom. The Hall–Kier alpha value is -2.67. The van der Waals surface area contributed by atoms with Gasteiger partial charge >= 0.3 is 5.69 Å². The van der Waals surface area contributed by atoms with E-state index in [2.05, 4.69) is 4.98 Å². The summed E-state index contributed by atoms with van der Waals surface area (Å²) in [5.41, 5.74) is 0.00740. The summed E-state index contributed by atoms with van der Waals surface area (Å²) in [4.78, 5) is 40.5. The van der Waals surface area contributed by atoms with Crippen LogP contribution in [0.25, 0.3) is 11.2 Å². The van der Waals surface area contributed by atoms with Crippen molar-refractivity contribution in [2.24, 2.45) is 14.1 Å². The molecule has 0 spiro atoms. The Labute approximate surface area is 135 Å². The number of aryl methyl sites for hydroxylation is 1. The van der Waals surface area contributed by atoms with Gasteiger partial charge in [0, 0.05) is 24.7 Å². The largest absolute Gasteiger partial charge is 0.332 e. The van der Waals surface area contributed by atoms with Crippen LogP contribution in [-0.4, -0.2) is 24.5 Å². The summed E-state index contributed by atoms with van der Waals surface area (Å²) in [5, 5.41) is 0.542. The Kier molecular flexibility index (Phi) is 3.65. The molecular formula is C15H13ClN4O3. The summed E-state index contributed by atoms with van der Waals surface area (Å²) in [6, 6.07) is 6.52. The van der Waals surface area contributed by atoms with Crippen LogP contribution in [-0.2, 0) is 20.6 Å². The highest BCUT2D eigenvalue weighted by Gasteiger charge is 2.16. The van der Waals surface area contributed by atoms with E-state index in [1.807, 2.05) is 0 Å². The zero-order chi connectivity index (χ0) is 16.7. The zero-order valence-electron chi connectivity index (χ0n) is 12.5. The van der Waals surface area contributed by atoms with Crippen LogP contribution in [0.4, 0.5) is 0 Å². The second kappa shape index (κ2) is 5.51. The van der Waals surface area contributed by atoms with Gasteiger partial charge in [-0.25, -0.2) is 9.78 Å². The molecule has 0 amide bonds. The van der Waals surface area contributed by atoms with Gasteiger partial charge in [0.2, 0.25) is 0 Å². The molecule has 0 saturated carbocycles. The van der Waals surface area contributed by atoms with Crippen molar-refractivity contribution < 1.29 is 4.79 Å². The van der Waals surface area contributed by atoms with E-state index in [4.69, 9.17) is 11.6 Å². The number of imidazole rings is 1. The molecule has 8 heteroatoms. The zero-order valence-corrected chi connectivity index (χ0v) is 13.2. The number of carbonyl (C=O) groups excluding carboxylic acids is 1. The highest BCUT2D eigenvalue weighted by Crippen LogP contribution is 2.12.